The fourth-order valence-corrected chi connectivity index (χ4v) is 4.78. The Kier molecular flexibility index (Phi) is 6.21. The van der Waals surface area contributed by atoms with Gasteiger partial charge in [-0.2, -0.15) is 0 Å². The fraction of sp³-hybridized carbons (Fsp3) is 0.200. The van der Waals surface area contributed by atoms with Gasteiger partial charge in [-0.1, -0.05) is 41.2 Å². The number of amides is 1. The lowest BCUT2D eigenvalue weighted by molar-refractivity contribution is -0.132. The van der Waals surface area contributed by atoms with Gasteiger partial charge in [-0.05, 0) is 43.7 Å². The van der Waals surface area contributed by atoms with E-state index >= 15 is 0 Å². The number of hydrogen-bond acceptors (Lipinski definition) is 8. The van der Waals surface area contributed by atoms with Gasteiger partial charge < -0.3 is 14.6 Å². The maximum Gasteiger partial charge on any atom is 0.350 e. The summed E-state index contributed by atoms with van der Waals surface area (Å²) in [5.41, 5.74) is 2.29. The normalized spacial score (nSPS) is 17.2. The van der Waals surface area contributed by atoms with Gasteiger partial charge in [-0.3, -0.25) is 14.5 Å². The number of Topliss-reactive ketones (excluding diaryl/α,β-unsaturated/α-hetero) is 1. The van der Waals surface area contributed by atoms with Crippen LogP contribution in [0, 0.1) is 13.8 Å². The van der Waals surface area contributed by atoms with Crippen LogP contribution < -0.4 is 9.64 Å². The van der Waals surface area contributed by atoms with E-state index in [0.29, 0.717) is 22.6 Å². The van der Waals surface area contributed by atoms with Gasteiger partial charge in [0.2, 0.25) is 0 Å². The van der Waals surface area contributed by atoms with E-state index in [9.17, 15) is 19.5 Å². The second-order valence-corrected chi connectivity index (χ2v) is 8.69. The number of carbonyl (C=O) groups excluding carboxylic acids is 3. The molecule has 0 aliphatic carbocycles. The van der Waals surface area contributed by atoms with Crippen molar-refractivity contribution in [2.75, 3.05) is 19.1 Å². The summed E-state index contributed by atoms with van der Waals surface area (Å²) in [6.45, 7) is 3.55. The van der Waals surface area contributed by atoms with Crippen molar-refractivity contribution in [3.63, 3.8) is 0 Å². The number of hydrogen-bond donors (Lipinski definition) is 1. The van der Waals surface area contributed by atoms with E-state index in [1.54, 1.807) is 43.3 Å². The van der Waals surface area contributed by atoms with Gasteiger partial charge in [0, 0.05) is 5.56 Å². The molecule has 1 N–H and O–H groups in total. The Morgan fingerprint density at radius 3 is 2.26 bits per heavy atom. The minimum Gasteiger partial charge on any atom is -0.507 e. The van der Waals surface area contributed by atoms with E-state index in [1.807, 2.05) is 19.1 Å². The number of aliphatic hydroxyl groups excluding tert-OH is 1. The van der Waals surface area contributed by atoms with Gasteiger partial charge in [0.1, 0.15) is 16.4 Å². The Balaban J connectivity index is 1.91. The molecule has 9 heteroatoms. The summed E-state index contributed by atoms with van der Waals surface area (Å²) in [6, 6.07) is 12.9. The number of thiazole rings is 1. The zero-order chi connectivity index (χ0) is 24.6. The third-order valence-corrected chi connectivity index (χ3v) is 6.70. The average Bonchev–Trinajstić information content (AvgIpc) is 3.35. The molecule has 2 aromatic carbocycles. The molecule has 0 saturated carbocycles. The van der Waals surface area contributed by atoms with Crippen LogP contribution in [0.4, 0.5) is 5.13 Å². The lowest BCUT2D eigenvalue weighted by atomic mass is 9.95. The first-order chi connectivity index (χ1) is 16.3. The Bertz CT molecular complexity index is 1310. The molecule has 1 saturated heterocycles. The number of anilines is 1. The van der Waals surface area contributed by atoms with Crippen LogP contribution in [0.15, 0.2) is 54.1 Å². The van der Waals surface area contributed by atoms with Crippen molar-refractivity contribution in [2.45, 2.75) is 19.9 Å². The van der Waals surface area contributed by atoms with Crippen LogP contribution in [0.5, 0.6) is 5.75 Å². The number of aryl methyl sites for hydroxylation is 2. The number of aliphatic hydroxyl groups is 1. The highest BCUT2D eigenvalue weighted by Gasteiger charge is 2.48. The summed E-state index contributed by atoms with van der Waals surface area (Å²) >= 11 is 0.958. The Morgan fingerprint density at radius 1 is 1.03 bits per heavy atom. The number of esters is 1. The predicted molar refractivity (Wildman–Crippen MR) is 127 cm³/mol. The number of benzene rings is 2. The number of nitrogens with zero attached hydrogens (tertiary/aromatic N) is 2. The molecular formula is C25H22N2O6S. The summed E-state index contributed by atoms with van der Waals surface area (Å²) in [6.07, 6.45) is 0. The number of aromatic nitrogens is 1. The van der Waals surface area contributed by atoms with Crippen LogP contribution in [0.1, 0.15) is 38.1 Å². The van der Waals surface area contributed by atoms with Crippen molar-refractivity contribution < 1.29 is 29.0 Å². The molecular weight excluding hydrogens is 456 g/mol. The van der Waals surface area contributed by atoms with Gasteiger partial charge in [-0.25, -0.2) is 9.78 Å². The molecule has 1 amide bonds. The first-order valence-electron chi connectivity index (χ1n) is 10.3. The van der Waals surface area contributed by atoms with Crippen molar-refractivity contribution in [1.82, 2.24) is 4.98 Å². The molecule has 4 rings (SSSR count). The molecule has 0 radical (unpaired) electrons. The van der Waals surface area contributed by atoms with E-state index in [-0.39, 0.29) is 21.3 Å². The largest absolute Gasteiger partial charge is 0.507 e. The molecule has 0 unspecified atom stereocenters. The molecule has 2 heterocycles. The Labute approximate surface area is 200 Å². The highest BCUT2D eigenvalue weighted by atomic mass is 32.1. The standard InChI is InChI=1S/C25H22N2O6S/c1-13-5-7-15(8-6-13)19-18(20(28)16-9-11-17(32-3)12-10-16)21(29)23(30)27(19)25-26-14(2)22(34-25)24(31)33-4/h5-12,19,28H,1-4H3/b20-18+/t19-/m1/s1. The SMILES string of the molecule is COC(=O)c1sc(N2C(=O)C(=O)/C(=C(/O)c3ccc(OC)cc3)[C@H]2c2ccc(C)cc2)nc1C. The van der Waals surface area contributed by atoms with Crippen molar-refractivity contribution in [3.8, 4) is 5.75 Å². The lowest BCUT2D eigenvalue weighted by Crippen LogP contribution is -2.29. The molecule has 1 fully saturated rings. The van der Waals surface area contributed by atoms with Crippen LogP contribution in [-0.4, -0.2) is 42.0 Å². The highest BCUT2D eigenvalue weighted by Crippen LogP contribution is 2.44. The Hall–Kier alpha value is -3.98. The zero-order valence-electron chi connectivity index (χ0n) is 19.0. The van der Waals surface area contributed by atoms with Gasteiger partial charge in [0.25, 0.3) is 5.78 Å². The quantitative estimate of drug-likeness (QED) is 0.254. The molecule has 0 spiro atoms. The monoisotopic (exact) mass is 478 g/mol. The molecule has 34 heavy (non-hydrogen) atoms. The van der Waals surface area contributed by atoms with E-state index in [0.717, 1.165) is 16.9 Å². The van der Waals surface area contributed by atoms with E-state index in [1.165, 1.54) is 19.1 Å². The van der Waals surface area contributed by atoms with Gasteiger partial charge >= 0.3 is 11.9 Å². The van der Waals surface area contributed by atoms with Gasteiger partial charge in [-0.15, -0.1) is 0 Å². The number of ether oxygens (including phenoxy) is 2. The van der Waals surface area contributed by atoms with Crippen molar-refractivity contribution in [1.29, 1.82) is 0 Å². The van der Waals surface area contributed by atoms with E-state index in [4.69, 9.17) is 9.47 Å². The summed E-state index contributed by atoms with van der Waals surface area (Å²) in [5, 5.41) is 11.3. The van der Waals surface area contributed by atoms with Crippen LogP contribution in [-0.2, 0) is 14.3 Å². The van der Waals surface area contributed by atoms with Crippen LogP contribution in [0.2, 0.25) is 0 Å². The summed E-state index contributed by atoms with van der Waals surface area (Å²) in [7, 11) is 2.78. The molecule has 1 aliphatic heterocycles. The van der Waals surface area contributed by atoms with Crippen molar-refractivity contribution in [2.24, 2.45) is 0 Å². The highest BCUT2D eigenvalue weighted by molar-refractivity contribution is 7.17. The molecule has 1 aliphatic rings. The first kappa shape index (κ1) is 23.2. The van der Waals surface area contributed by atoms with Crippen molar-refractivity contribution in [3.05, 3.63) is 81.4 Å². The molecule has 1 atom stereocenters. The van der Waals surface area contributed by atoms with Gasteiger partial charge in [0.15, 0.2) is 5.13 Å². The molecule has 174 valence electrons. The molecule has 8 nitrogen and oxygen atoms in total. The first-order valence-corrected chi connectivity index (χ1v) is 11.2. The topological polar surface area (TPSA) is 106 Å². The number of rotatable bonds is 5. The van der Waals surface area contributed by atoms with Crippen LogP contribution in [0.3, 0.4) is 0 Å². The third-order valence-electron chi connectivity index (χ3n) is 5.56. The van der Waals surface area contributed by atoms with Crippen LogP contribution in [0.25, 0.3) is 5.76 Å². The maximum absolute atomic E-state index is 13.2. The van der Waals surface area contributed by atoms with E-state index < -0.39 is 23.7 Å². The number of ketones is 1. The number of carbonyl (C=O) groups is 3. The molecule has 0 bridgehead atoms. The summed E-state index contributed by atoms with van der Waals surface area (Å²) in [4.78, 5) is 44.4. The summed E-state index contributed by atoms with van der Waals surface area (Å²) < 4.78 is 9.96. The second-order valence-electron chi connectivity index (χ2n) is 7.71. The minimum absolute atomic E-state index is 0.0634. The Morgan fingerprint density at radius 2 is 1.68 bits per heavy atom. The zero-order valence-corrected chi connectivity index (χ0v) is 19.8. The van der Waals surface area contributed by atoms with Crippen molar-refractivity contribution >= 4 is 39.9 Å². The van der Waals surface area contributed by atoms with E-state index in [2.05, 4.69) is 4.98 Å². The average molecular weight is 479 g/mol. The lowest BCUT2D eigenvalue weighted by Gasteiger charge is -2.23. The third kappa shape index (κ3) is 3.94. The smallest absolute Gasteiger partial charge is 0.350 e. The molecule has 3 aromatic rings. The minimum atomic E-state index is -0.932. The fourth-order valence-electron chi connectivity index (χ4n) is 3.77. The molecule has 1 aromatic heterocycles. The predicted octanol–water partition coefficient (Wildman–Crippen LogP) is 4.18. The van der Waals surface area contributed by atoms with Crippen LogP contribution >= 0.6 is 11.3 Å². The second kappa shape index (κ2) is 9.11. The van der Waals surface area contributed by atoms with Gasteiger partial charge in [0.05, 0.1) is 31.5 Å². The number of methoxy groups -OCH3 is 2. The maximum atomic E-state index is 13.2. The summed E-state index contributed by atoms with van der Waals surface area (Å²) in [5.74, 6) is -1.99.